The number of nitro groups is 1. The minimum atomic E-state index is -0.455. The zero-order valence-electron chi connectivity index (χ0n) is 13.8. The minimum Gasteiger partial charge on any atom is -0.378 e. The second-order valence-electron chi connectivity index (χ2n) is 5.24. The lowest BCUT2D eigenvalue weighted by Crippen LogP contribution is -2.27. The maximum Gasteiger partial charge on any atom is 0.292 e. The van der Waals surface area contributed by atoms with Crippen molar-refractivity contribution in [2.45, 2.75) is 6.92 Å². The molecule has 2 N–H and O–H groups in total. The lowest BCUT2D eigenvalue weighted by atomic mass is 10.2. The Morgan fingerprint density at radius 3 is 2.76 bits per heavy atom. The van der Waals surface area contributed by atoms with Gasteiger partial charge in [0.15, 0.2) is 0 Å². The molecule has 2 aromatic rings. The van der Waals surface area contributed by atoms with Crippen molar-refractivity contribution in [3.8, 4) is 0 Å². The zero-order chi connectivity index (χ0) is 18.4. The van der Waals surface area contributed by atoms with Crippen LogP contribution in [-0.4, -0.2) is 33.7 Å². The molecule has 1 heterocycles. The lowest BCUT2D eigenvalue weighted by Gasteiger charge is -2.07. The van der Waals surface area contributed by atoms with Crippen LogP contribution in [0.1, 0.15) is 11.3 Å². The Labute approximate surface area is 149 Å². The molecule has 0 aliphatic heterocycles. The van der Waals surface area contributed by atoms with Gasteiger partial charge >= 0.3 is 0 Å². The molecule has 8 nitrogen and oxygen atoms in total. The highest BCUT2D eigenvalue weighted by Gasteiger charge is 2.11. The number of anilines is 1. The van der Waals surface area contributed by atoms with Gasteiger partial charge in [-0.25, -0.2) is 0 Å². The highest BCUT2D eigenvalue weighted by molar-refractivity contribution is 6.31. The molecule has 0 saturated heterocycles. The van der Waals surface area contributed by atoms with Crippen molar-refractivity contribution in [3.63, 3.8) is 0 Å². The molecule has 132 valence electrons. The first-order valence-electron chi connectivity index (χ1n) is 7.52. The molecule has 1 amide bonds. The molecule has 1 aromatic heterocycles. The number of amides is 1. The number of nitro benzene ring substituents is 1. The Hall–Kier alpha value is -2.87. The second-order valence-corrected chi connectivity index (χ2v) is 5.60. The van der Waals surface area contributed by atoms with Crippen LogP contribution in [0, 0.1) is 17.0 Å². The fourth-order valence-electron chi connectivity index (χ4n) is 2.22. The molecule has 0 fully saturated rings. The first-order chi connectivity index (χ1) is 11.9. The third-order valence-corrected chi connectivity index (χ3v) is 3.89. The summed E-state index contributed by atoms with van der Waals surface area (Å²) in [7, 11) is 1.72. The molecule has 1 aromatic carbocycles. The zero-order valence-corrected chi connectivity index (χ0v) is 14.6. The van der Waals surface area contributed by atoms with Crippen LogP contribution in [-0.2, 0) is 11.8 Å². The van der Waals surface area contributed by atoms with Crippen molar-refractivity contribution >= 4 is 35.0 Å². The van der Waals surface area contributed by atoms with E-state index in [0.29, 0.717) is 29.5 Å². The van der Waals surface area contributed by atoms with E-state index in [1.807, 2.05) is 0 Å². The quantitative estimate of drug-likeness (QED) is 0.340. The maximum atomic E-state index is 11.8. The molecule has 0 saturated carbocycles. The molecule has 0 radical (unpaired) electrons. The van der Waals surface area contributed by atoms with Crippen LogP contribution < -0.4 is 10.6 Å². The summed E-state index contributed by atoms with van der Waals surface area (Å²) >= 11 is 6.08. The van der Waals surface area contributed by atoms with Gasteiger partial charge in [-0.3, -0.25) is 19.6 Å². The molecule has 0 aliphatic carbocycles. The van der Waals surface area contributed by atoms with Gasteiger partial charge in [0.2, 0.25) is 5.91 Å². The largest absolute Gasteiger partial charge is 0.378 e. The number of nitrogens with one attached hydrogen (secondary N) is 2. The number of carbonyl (C=O) groups excluding carboxylic acids is 1. The van der Waals surface area contributed by atoms with Crippen LogP contribution >= 0.6 is 11.6 Å². The molecule has 0 aliphatic rings. The number of nitrogens with zero attached hydrogens (tertiary/aromatic N) is 3. The van der Waals surface area contributed by atoms with Crippen molar-refractivity contribution in [2.75, 3.05) is 18.4 Å². The first-order valence-corrected chi connectivity index (χ1v) is 7.90. The van der Waals surface area contributed by atoms with Gasteiger partial charge in [0.25, 0.3) is 5.69 Å². The van der Waals surface area contributed by atoms with Crippen molar-refractivity contribution in [3.05, 3.63) is 56.9 Å². The summed E-state index contributed by atoms with van der Waals surface area (Å²) in [4.78, 5) is 22.3. The van der Waals surface area contributed by atoms with Crippen LogP contribution in [0.15, 0.2) is 30.3 Å². The normalized spacial score (nSPS) is 10.8. The van der Waals surface area contributed by atoms with Crippen molar-refractivity contribution < 1.29 is 9.72 Å². The van der Waals surface area contributed by atoms with Gasteiger partial charge in [0, 0.05) is 37.8 Å². The number of aryl methyl sites for hydroxylation is 2. The third kappa shape index (κ3) is 4.80. The Morgan fingerprint density at radius 2 is 2.12 bits per heavy atom. The van der Waals surface area contributed by atoms with Gasteiger partial charge in [0.05, 0.1) is 10.6 Å². The predicted molar refractivity (Wildman–Crippen MR) is 96.6 cm³/mol. The highest BCUT2D eigenvalue weighted by Crippen LogP contribution is 2.22. The molecule has 0 atom stereocenters. The Kier molecular flexibility index (Phi) is 6.13. The standard InChI is InChI=1S/C16H18ClN5O3/c1-11-12(16(17)21(2)20-11)7-8-15(23)19-10-9-18-13-5-3-4-6-14(13)22(24)25/h3-8,18H,9-10H2,1-2H3,(H,19,23)/b8-7+. The van der Waals surface area contributed by atoms with Crippen molar-refractivity contribution in [1.82, 2.24) is 15.1 Å². The van der Waals surface area contributed by atoms with Crippen LogP contribution in [0.3, 0.4) is 0 Å². The van der Waals surface area contributed by atoms with Crippen LogP contribution in [0.25, 0.3) is 6.08 Å². The third-order valence-electron chi connectivity index (χ3n) is 3.44. The average Bonchev–Trinajstić information content (AvgIpc) is 2.82. The van der Waals surface area contributed by atoms with Crippen LogP contribution in [0.5, 0.6) is 0 Å². The summed E-state index contributed by atoms with van der Waals surface area (Å²) in [5.74, 6) is -0.288. The number of benzene rings is 1. The molecule has 2 rings (SSSR count). The van der Waals surface area contributed by atoms with Crippen LogP contribution in [0.2, 0.25) is 5.15 Å². The highest BCUT2D eigenvalue weighted by atomic mass is 35.5. The molecule has 0 unspecified atom stereocenters. The Morgan fingerprint density at radius 1 is 1.40 bits per heavy atom. The Balaban J connectivity index is 1.83. The van der Waals surface area contributed by atoms with E-state index in [2.05, 4.69) is 15.7 Å². The van der Waals surface area contributed by atoms with Gasteiger partial charge in [-0.1, -0.05) is 23.7 Å². The van der Waals surface area contributed by atoms with Crippen LogP contribution in [0.4, 0.5) is 11.4 Å². The maximum absolute atomic E-state index is 11.8. The minimum absolute atomic E-state index is 0.00424. The monoisotopic (exact) mass is 363 g/mol. The summed E-state index contributed by atoms with van der Waals surface area (Å²) in [5.41, 5.74) is 1.83. The summed E-state index contributed by atoms with van der Waals surface area (Å²) in [6.45, 7) is 2.48. The number of para-hydroxylation sites is 2. The van der Waals surface area contributed by atoms with Crippen molar-refractivity contribution in [1.29, 1.82) is 0 Å². The second kappa shape index (κ2) is 8.29. The number of aromatic nitrogens is 2. The molecule has 9 heteroatoms. The van der Waals surface area contributed by atoms with Gasteiger partial charge in [-0.15, -0.1) is 0 Å². The number of hydrogen-bond acceptors (Lipinski definition) is 5. The van der Waals surface area contributed by atoms with E-state index in [0.717, 1.165) is 5.69 Å². The SMILES string of the molecule is Cc1nn(C)c(Cl)c1/C=C/C(=O)NCCNc1ccccc1[N+](=O)[O-]. The number of rotatable bonds is 7. The topological polar surface area (TPSA) is 102 Å². The van der Waals surface area contributed by atoms with Gasteiger partial charge < -0.3 is 10.6 Å². The molecule has 25 heavy (non-hydrogen) atoms. The van der Waals surface area contributed by atoms with Gasteiger partial charge in [0.1, 0.15) is 10.8 Å². The molecule has 0 bridgehead atoms. The molecular weight excluding hydrogens is 346 g/mol. The average molecular weight is 364 g/mol. The Bertz CT molecular complexity index is 816. The number of halogens is 1. The summed E-state index contributed by atoms with van der Waals surface area (Å²) in [6, 6.07) is 6.34. The molecular formula is C16H18ClN5O3. The predicted octanol–water partition coefficient (Wildman–Crippen LogP) is 2.53. The fraction of sp³-hybridized carbons (Fsp3) is 0.250. The fourth-order valence-corrected chi connectivity index (χ4v) is 2.46. The first kappa shape index (κ1) is 18.5. The molecule has 0 spiro atoms. The van der Waals surface area contributed by atoms with Crippen molar-refractivity contribution in [2.24, 2.45) is 7.05 Å². The van der Waals surface area contributed by atoms with E-state index in [1.54, 1.807) is 38.2 Å². The lowest BCUT2D eigenvalue weighted by molar-refractivity contribution is -0.384. The summed E-state index contributed by atoms with van der Waals surface area (Å²) in [5, 5.41) is 21.1. The summed E-state index contributed by atoms with van der Waals surface area (Å²) in [6.07, 6.45) is 2.98. The van der Waals surface area contributed by atoms with E-state index in [9.17, 15) is 14.9 Å². The van der Waals surface area contributed by atoms with Gasteiger partial charge in [-0.05, 0) is 19.1 Å². The number of hydrogen-bond donors (Lipinski definition) is 2. The smallest absolute Gasteiger partial charge is 0.292 e. The van der Waals surface area contributed by atoms with E-state index < -0.39 is 4.92 Å². The van der Waals surface area contributed by atoms with E-state index in [4.69, 9.17) is 11.6 Å². The van der Waals surface area contributed by atoms with E-state index in [-0.39, 0.29) is 11.6 Å². The van der Waals surface area contributed by atoms with Gasteiger partial charge in [-0.2, -0.15) is 5.10 Å². The van der Waals surface area contributed by atoms with E-state index >= 15 is 0 Å². The summed E-state index contributed by atoms with van der Waals surface area (Å²) < 4.78 is 1.53. The number of carbonyl (C=O) groups is 1. The van der Waals surface area contributed by atoms with E-state index in [1.165, 1.54) is 16.8 Å².